The molecule has 20 heavy (non-hydrogen) atoms. The first kappa shape index (κ1) is 14.9. The Kier molecular flexibility index (Phi) is 5.04. The third kappa shape index (κ3) is 3.52. The van der Waals surface area contributed by atoms with Crippen molar-refractivity contribution in [1.82, 2.24) is 9.97 Å². The van der Waals surface area contributed by atoms with E-state index in [1.54, 1.807) is 12.3 Å². The van der Waals surface area contributed by atoms with E-state index < -0.39 is 0 Å². The van der Waals surface area contributed by atoms with Crippen LogP contribution in [0.2, 0.25) is 10.0 Å². The summed E-state index contributed by atoms with van der Waals surface area (Å²) >= 11 is 12.2. The van der Waals surface area contributed by atoms with Gasteiger partial charge in [-0.15, -0.1) is 0 Å². The van der Waals surface area contributed by atoms with Gasteiger partial charge in [0.1, 0.15) is 11.6 Å². The molecular weight excluding hydrogens is 295 g/mol. The average molecular weight is 311 g/mol. The van der Waals surface area contributed by atoms with Crippen molar-refractivity contribution < 1.29 is 0 Å². The van der Waals surface area contributed by atoms with Gasteiger partial charge in [-0.25, -0.2) is 4.98 Å². The molecule has 2 heterocycles. The zero-order valence-electron chi connectivity index (χ0n) is 11.4. The summed E-state index contributed by atoms with van der Waals surface area (Å²) in [7, 11) is 0. The number of anilines is 2. The van der Waals surface area contributed by atoms with Crippen LogP contribution < -0.4 is 10.6 Å². The van der Waals surface area contributed by atoms with Gasteiger partial charge in [-0.3, -0.25) is 4.98 Å². The van der Waals surface area contributed by atoms with E-state index in [0.717, 1.165) is 12.1 Å². The fourth-order valence-corrected chi connectivity index (χ4v) is 2.23. The van der Waals surface area contributed by atoms with Crippen molar-refractivity contribution in [1.29, 1.82) is 0 Å². The fraction of sp³-hybridized carbons (Fsp3) is 0.286. The van der Waals surface area contributed by atoms with E-state index in [2.05, 4.69) is 20.6 Å². The number of hydrogen-bond acceptors (Lipinski definition) is 4. The first-order valence-electron chi connectivity index (χ1n) is 6.35. The molecular formula is C14H16Cl2N4. The Morgan fingerprint density at radius 2 is 1.85 bits per heavy atom. The molecule has 6 heteroatoms. The molecule has 2 N–H and O–H groups in total. The molecule has 0 aliphatic heterocycles. The zero-order valence-corrected chi connectivity index (χ0v) is 12.9. The predicted molar refractivity (Wildman–Crippen MR) is 84.7 cm³/mol. The smallest absolute Gasteiger partial charge is 0.147 e. The molecule has 0 aromatic carbocycles. The van der Waals surface area contributed by atoms with E-state index >= 15 is 0 Å². The largest absolute Gasteiger partial charge is 0.369 e. The van der Waals surface area contributed by atoms with E-state index in [-0.39, 0.29) is 0 Å². The quantitative estimate of drug-likeness (QED) is 0.871. The number of hydrogen-bond donors (Lipinski definition) is 2. The Bertz CT molecular complexity index is 602. The summed E-state index contributed by atoms with van der Waals surface area (Å²) < 4.78 is 0. The van der Waals surface area contributed by atoms with Crippen molar-refractivity contribution in [3.8, 4) is 0 Å². The van der Waals surface area contributed by atoms with Gasteiger partial charge in [-0.1, -0.05) is 23.2 Å². The van der Waals surface area contributed by atoms with Crippen LogP contribution >= 0.6 is 23.2 Å². The first-order valence-corrected chi connectivity index (χ1v) is 7.10. The Morgan fingerprint density at radius 1 is 1.15 bits per heavy atom. The van der Waals surface area contributed by atoms with Gasteiger partial charge in [0.05, 0.1) is 10.0 Å². The molecule has 2 rings (SSSR count). The van der Waals surface area contributed by atoms with E-state index in [1.165, 1.54) is 5.56 Å². The molecule has 106 valence electrons. The van der Waals surface area contributed by atoms with Gasteiger partial charge < -0.3 is 10.6 Å². The lowest BCUT2D eigenvalue weighted by atomic mass is 10.1. The van der Waals surface area contributed by atoms with Crippen LogP contribution in [-0.4, -0.2) is 16.5 Å². The highest BCUT2D eigenvalue weighted by Crippen LogP contribution is 2.29. The van der Waals surface area contributed by atoms with Gasteiger partial charge in [0.15, 0.2) is 0 Å². The first-order chi connectivity index (χ1) is 9.61. The third-order valence-electron chi connectivity index (χ3n) is 2.87. The Hall–Kier alpha value is -1.52. The molecule has 0 saturated carbocycles. The van der Waals surface area contributed by atoms with Gasteiger partial charge >= 0.3 is 0 Å². The fourth-order valence-electron chi connectivity index (χ4n) is 1.74. The highest BCUT2D eigenvalue weighted by atomic mass is 35.5. The highest BCUT2D eigenvalue weighted by molar-refractivity contribution is 6.37. The molecule has 0 radical (unpaired) electrons. The Labute approximate surface area is 128 Å². The van der Waals surface area contributed by atoms with Crippen LogP contribution in [0.3, 0.4) is 0 Å². The molecule has 0 bridgehead atoms. The molecule has 0 unspecified atom stereocenters. The number of pyridine rings is 2. The van der Waals surface area contributed by atoms with Gasteiger partial charge in [0.2, 0.25) is 0 Å². The lowest BCUT2D eigenvalue weighted by Gasteiger charge is -2.12. The minimum Gasteiger partial charge on any atom is -0.369 e. The van der Waals surface area contributed by atoms with Crippen LogP contribution in [0.15, 0.2) is 24.5 Å². The summed E-state index contributed by atoms with van der Waals surface area (Å²) in [6.07, 6.45) is 3.60. The number of nitrogens with zero attached hydrogens (tertiary/aromatic N) is 2. The summed E-state index contributed by atoms with van der Waals surface area (Å²) in [5.74, 6) is 1.24. The molecule has 2 aromatic heterocycles. The van der Waals surface area contributed by atoms with Gasteiger partial charge in [0.25, 0.3) is 0 Å². The summed E-state index contributed by atoms with van der Waals surface area (Å²) in [4.78, 5) is 8.51. The molecule has 2 aromatic rings. The zero-order chi connectivity index (χ0) is 14.5. The number of aromatic nitrogens is 2. The van der Waals surface area contributed by atoms with Crippen molar-refractivity contribution in [3.05, 3.63) is 45.7 Å². The lowest BCUT2D eigenvalue weighted by molar-refractivity contribution is 1.06. The van der Waals surface area contributed by atoms with Crippen LogP contribution in [0, 0.1) is 6.92 Å². The van der Waals surface area contributed by atoms with E-state index in [1.807, 2.05) is 26.1 Å². The van der Waals surface area contributed by atoms with Crippen LogP contribution in [0.5, 0.6) is 0 Å². The van der Waals surface area contributed by atoms with Crippen molar-refractivity contribution >= 4 is 34.8 Å². The van der Waals surface area contributed by atoms with Crippen molar-refractivity contribution in [2.24, 2.45) is 0 Å². The molecule has 0 spiro atoms. The standard InChI is InChI=1S/C14H16Cl2N4/c1-3-18-13-11(15)6-12(16)14(20-13)19-8-10-7-17-5-4-9(10)2/h4-7H,3,8H2,1-2H3,(H2,18,19,20). The summed E-state index contributed by atoms with van der Waals surface area (Å²) in [6.45, 7) is 5.38. The molecule has 0 amide bonds. The maximum absolute atomic E-state index is 6.15. The average Bonchev–Trinajstić information content (AvgIpc) is 2.42. The highest BCUT2D eigenvalue weighted by Gasteiger charge is 2.09. The maximum Gasteiger partial charge on any atom is 0.147 e. The molecule has 0 atom stereocenters. The SMILES string of the molecule is CCNc1nc(NCc2cnccc2C)c(Cl)cc1Cl. The number of nitrogens with one attached hydrogen (secondary N) is 2. The second-order valence-electron chi connectivity index (χ2n) is 4.34. The van der Waals surface area contributed by atoms with Crippen LogP contribution in [-0.2, 0) is 6.54 Å². The number of halogens is 2. The second kappa shape index (κ2) is 6.77. The molecule has 0 aliphatic rings. The monoisotopic (exact) mass is 310 g/mol. The predicted octanol–water partition coefficient (Wildman–Crippen LogP) is 4.14. The molecule has 0 fully saturated rings. The van der Waals surface area contributed by atoms with Gasteiger partial charge in [-0.05, 0) is 37.1 Å². The molecule has 0 aliphatic carbocycles. The minimum atomic E-state index is 0.498. The van der Waals surface area contributed by atoms with Crippen molar-refractivity contribution in [2.75, 3.05) is 17.2 Å². The Balaban J connectivity index is 2.17. The second-order valence-corrected chi connectivity index (χ2v) is 5.15. The third-order valence-corrected chi connectivity index (χ3v) is 3.44. The topological polar surface area (TPSA) is 49.8 Å². The summed E-state index contributed by atoms with van der Waals surface area (Å²) in [5.41, 5.74) is 2.27. The van der Waals surface area contributed by atoms with Crippen molar-refractivity contribution in [2.45, 2.75) is 20.4 Å². The normalized spacial score (nSPS) is 10.4. The van der Waals surface area contributed by atoms with E-state index in [4.69, 9.17) is 23.2 Å². The van der Waals surface area contributed by atoms with Crippen LogP contribution in [0.25, 0.3) is 0 Å². The van der Waals surface area contributed by atoms with Crippen molar-refractivity contribution in [3.63, 3.8) is 0 Å². The summed E-state index contributed by atoms with van der Waals surface area (Å²) in [6, 6.07) is 3.66. The van der Waals surface area contributed by atoms with E-state index in [9.17, 15) is 0 Å². The van der Waals surface area contributed by atoms with Gasteiger partial charge in [0, 0.05) is 25.5 Å². The summed E-state index contributed by atoms with van der Waals surface area (Å²) in [5, 5.41) is 7.33. The van der Waals surface area contributed by atoms with Gasteiger partial charge in [-0.2, -0.15) is 0 Å². The van der Waals surface area contributed by atoms with E-state index in [0.29, 0.717) is 28.2 Å². The van der Waals surface area contributed by atoms with Crippen LogP contribution in [0.4, 0.5) is 11.6 Å². The Morgan fingerprint density at radius 3 is 2.50 bits per heavy atom. The lowest BCUT2D eigenvalue weighted by Crippen LogP contribution is -2.07. The minimum absolute atomic E-state index is 0.498. The number of rotatable bonds is 5. The maximum atomic E-state index is 6.15. The number of aryl methyl sites for hydroxylation is 1. The molecule has 0 saturated heterocycles. The molecule has 4 nitrogen and oxygen atoms in total. The van der Waals surface area contributed by atoms with Crippen LogP contribution in [0.1, 0.15) is 18.1 Å².